The summed E-state index contributed by atoms with van der Waals surface area (Å²) < 4.78 is 10.4. The van der Waals surface area contributed by atoms with Gasteiger partial charge in [0.25, 0.3) is 5.91 Å². The average Bonchev–Trinajstić information content (AvgIpc) is 2.54. The van der Waals surface area contributed by atoms with Gasteiger partial charge in [0.05, 0.1) is 12.2 Å². The lowest BCUT2D eigenvalue weighted by Gasteiger charge is -2.10. The van der Waals surface area contributed by atoms with Crippen LogP contribution in [0.15, 0.2) is 36.5 Å². The van der Waals surface area contributed by atoms with E-state index in [4.69, 9.17) is 9.47 Å². The molecular formula is C18H20N2O4. The van der Waals surface area contributed by atoms with Crippen LogP contribution in [-0.4, -0.2) is 30.1 Å². The number of ether oxygens (including phenoxy) is 2. The molecule has 0 atom stereocenters. The molecule has 1 aromatic carbocycles. The summed E-state index contributed by atoms with van der Waals surface area (Å²) in [6.07, 6.45) is 1.44. The second kappa shape index (κ2) is 8.10. The van der Waals surface area contributed by atoms with Crippen LogP contribution in [-0.2, 0) is 9.53 Å². The molecule has 0 spiro atoms. The number of carbonyl (C=O) groups is 2. The zero-order valence-corrected chi connectivity index (χ0v) is 14.0. The topological polar surface area (TPSA) is 77.5 Å². The van der Waals surface area contributed by atoms with Crippen LogP contribution in [0.5, 0.6) is 5.75 Å². The zero-order valence-electron chi connectivity index (χ0n) is 14.0. The van der Waals surface area contributed by atoms with Crippen molar-refractivity contribution in [2.45, 2.75) is 20.8 Å². The van der Waals surface area contributed by atoms with E-state index in [9.17, 15) is 9.59 Å². The Morgan fingerprint density at radius 1 is 1.17 bits per heavy atom. The fourth-order valence-corrected chi connectivity index (χ4v) is 2.12. The lowest BCUT2D eigenvalue weighted by molar-refractivity contribution is -0.118. The predicted octanol–water partition coefficient (Wildman–Crippen LogP) is 2.89. The number of hydrogen-bond acceptors (Lipinski definition) is 5. The fraction of sp³-hybridized carbons (Fsp3) is 0.278. The summed E-state index contributed by atoms with van der Waals surface area (Å²) in [5, 5.41) is 2.60. The highest BCUT2D eigenvalue weighted by Gasteiger charge is 2.10. The Balaban J connectivity index is 1.95. The molecule has 0 saturated carbocycles. The van der Waals surface area contributed by atoms with Crippen LogP contribution in [0, 0.1) is 13.8 Å². The second-order valence-electron chi connectivity index (χ2n) is 5.26. The van der Waals surface area contributed by atoms with Crippen molar-refractivity contribution in [3.05, 3.63) is 53.2 Å². The van der Waals surface area contributed by atoms with Crippen LogP contribution in [0.25, 0.3) is 0 Å². The third kappa shape index (κ3) is 4.81. The van der Waals surface area contributed by atoms with Crippen molar-refractivity contribution in [2.75, 3.05) is 18.5 Å². The minimum absolute atomic E-state index is 0.144. The Morgan fingerprint density at radius 2 is 1.96 bits per heavy atom. The monoisotopic (exact) mass is 328 g/mol. The summed E-state index contributed by atoms with van der Waals surface area (Å²) in [4.78, 5) is 27.7. The molecule has 0 bridgehead atoms. The van der Waals surface area contributed by atoms with Crippen molar-refractivity contribution >= 4 is 17.7 Å². The maximum Gasteiger partial charge on any atom is 0.338 e. The van der Waals surface area contributed by atoms with Crippen LogP contribution in [0.3, 0.4) is 0 Å². The first-order valence-electron chi connectivity index (χ1n) is 7.62. The normalized spacial score (nSPS) is 10.1. The molecule has 2 aromatic rings. The Hall–Kier alpha value is -2.89. The first kappa shape index (κ1) is 17.5. The molecule has 6 heteroatoms. The summed E-state index contributed by atoms with van der Waals surface area (Å²) >= 11 is 0. The molecule has 0 saturated heterocycles. The largest absolute Gasteiger partial charge is 0.483 e. The van der Waals surface area contributed by atoms with Gasteiger partial charge in [0.15, 0.2) is 6.61 Å². The smallest absolute Gasteiger partial charge is 0.338 e. The number of pyridine rings is 1. The van der Waals surface area contributed by atoms with Gasteiger partial charge in [0, 0.05) is 6.20 Å². The van der Waals surface area contributed by atoms with Crippen molar-refractivity contribution < 1.29 is 19.1 Å². The summed E-state index contributed by atoms with van der Waals surface area (Å²) in [6.45, 7) is 5.78. The molecule has 0 aliphatic carbocycles. The number of hydrogen-bond donors (Lipinski definition) is 1. The van der Waals surface area contributed by atoms with Gasteiger partial charge in [-0.25, -0.2) is 9.78 Å². The second-order valence-corrected chi connectivity index (χ2v) is 5.26. The molecule has 0 unspecified atom stereocenters. The van der Waals surface area contributed by atoms with Crippen molar-refractivity contribution in [2.24, 2.45) is 0 Å². The summed E-state index contributed by atoms with van der Waals surface area (Å²) in [7, 11) is 0. The lowest BCUT2D eigenvalue weighted by atomic mass is 10.1. The number of anilines is 1. The molecule has 2 rings (SSSR count). The number of amides is 1. The van der Waals surface area contributed by atoms with Crippen LogP contribution in [0.2, 0.25) is 0 Å². The number of benzene rings is 1. The quantitative estimate of drug-likeness (QED) is 0.825. The molecule has 6 nitrogen and oxygen atoms in total. The standard InChI is InChI=1S/C18H20N2O4/c1-4-23-18(22)14-7-8-19-16(10-14)20-17(21)11-24-15-6-5-12(2)9-13(15)3/h5-10H,4,11H2,1-3H3,(H,19,20,21). The van der Waals surface area contributed by atoms with Gasteiger partial charge in [-0.15, -0.1) is 0 Å². The number of carbonyl (C=O) groups excluding carboxylic acids is 2. The van der Waals surface area contributed by atoms with Crippen LogP contribution in [0.1, 0.15) is 28.4 Å². The number of rotatable bonds is 6. The first-order valence-corrected chi connectivity index (χ1v) is 7.62. The van der Waals surface area contributed by atoms with Crippen molar-refractivity contribution in [1.82, 2.24) is 4.98 Å². The first-order chi connectivity index (χ1) is 11.5. The molecular weight excluding hydrogens is 308 g/mol. The summed E-state index contributed by atoms with van der Waals surface area (Å²) in [6, 6.07) is 8.73. The molecule has 0 aliphatic heterocycles. The third-order valence-electron chi connectivity index (χ3n) is 3.23. The van der Waals surface area contributed by atoms with E-state index in [1.807, 2.05) is 32.0 Å². The van der Waals surface area contributed by atoms with E-state index >= 15 is 0 Å². The van der Waals surface area contributed by atoms with E-state index < -0.39 is 5.97 Å². The highest BCUT2D eigenvalue weighted by molar-refractivity contribution is 5.94. The molecule has 1 heterocycles. The van der Waals surface area contributed by atoms with E-state index in [2.05, 4.69) is 10.3 Å². The molecule has 0 aliphatic rings. The van der Waals surface area contributed by atoms with Crippen molar-refractivity contribution in [3.63, 3.8) is 0 Å². The summed E-state index contributed by atoms with van der Waals surface area (Å²) in [5.74, 6) is 0.115. The van der Waals surface area contributed by atoms with Gasteiger partial charge in [-0.3, -0.25) is 4.79 Å². The molecule has 126 valence electrons. The van der Waals surface area contributed by atoms with Gasteiger partial charge in [0.2, 0.25) is 0 Å². The van der Waals surface area contributed by atoms with Crippen LogP contribution < -0.4 is 10.1 Å². The SMILES string of the molecule is CCOC(=O)c1ccnc(NC(=O)COc2ccc(C)cc2C)c1. The number of nitrogens with zero attached hydrogens (tertiary/aromatic N) is 1. The number of nitrogens with one attached hydrogen (secondary N) is 1. The number of aromatic nitrogens is 1. The van der Waals surface area contributed by atoms with Crippen molar-refractivity contribution in [1.29, 1.82) is 0 Å². The molecule has 0 fully saturated rings. The Bertz CT molecular complexity index is 744. The van der Waals surface area contributed by atoms with Gasteiger partial charge in [0.1, 0.15) is 11.6 Å². The molecule has 1 aromatic heterocycles. The Kier molecular flexibility index (Phi) is 5.89. The van der Waals surface area contributed by atoms with Gasteiger partial charge < -0.3 is 14.8 Å². The van der Waals surface area contributed by atoms with Gasteiger partial charge in [-0.1, -0.05) is 17.7 Å². The van der Waals surface area contributed by atoms with E-state index in [-0.39, 0.29) is 24.9 Å². The van der Waals surface area contributed by atoms with Crippen LogP contribution >= 0.6 is 0 Å². The minimum atomic E-state index is -0.457. The van der Waals surface area contributed by atoms with Gasteiger partial charge in [-0.05, 0) is 44.5 Å². The molecule has 1 N–H and O–H groups in total. The highest BCUT2D eigenvalue weighted by atomic mass is 16.5. The average molecular weight is 328 g/mol. The summed E-state index contributed by atoms with van der Waals surface area (Å²) in [5.41, 5.74) is 2.42. The van der Waals surface area contributed by atoms with E-state index in [1.165, 1.54) is 18.3 Å². The molecule has 1 amide bonds. The Labute approximate surface area is 140 Å². The Morgan fingerprint density at radius 3 is 2.67 bits per heavy atom. The third-order valence-corrected chi connectivity index (χ3v) is 3.23. The van der Waals surface area contributed by atoms with E-state index in [0.29, 0.717) is 11.3 Å². The highest BCUT2D eigenvalue weighted by Crippen LogP contribution is 2.18. The van der Waals surface area contributed by atoms with E-state index in [1.54, 1.807) is 6.92 Å². The predicted molar refractivity (Wildman–Crippen MR) is 90.2 cm³/mol. The number of esters is 1. The maximum atomic E-state index is 12.0. The zero-order chi connectivity index (χ0) is 17.5. The van der Waals surface area contributed by atoms with Crippen molar-refractivity contribution in [3.8, 4) is 5.75 Å². The molecule has 24 heavy (non-hydrogen) atoms. The van der Waals surface area contributed by atoms with Crippen LogP contribution in [0.4, 0.5) is 5.82 Å². The lowest BCUT2D eigenvalue weighted by Crippen LogP contribution is -2.21. The van der Waals surface area contributed by atoms with E-state index in [0.717, 1.165) is 11.1 Å². The molecule has 0 radical (unpaired) electrons. The fourth-order valence-electron chi connectivity index (χ4n) is 2.12. The number of aryl methyl sites for hydroxylation is 2. The maximum absolute atomic E-state index is 12.0. The minimum Gasteiger partial charge on any atom is -0.483 e. The van der Waals surface area contributed by atoms with Gasteiger partial charge in [-0.2, -0.15) is 0 Å². The van der Waals surface area contributed by atoms with Gasteiger partial charge >= 0.3 is 5.97 Å².